The molecule has 12 unspecified atom stereocenters. The van der Waals surface area contributed by atoms with Gasteiger partial charge in [-0.1, -0.05) is 6.08 Å². The van der Waals surface area contributed by atoms with Crippen LogP contribution in [0.4, 0.5) is 0 Å². The molecule has 2 saturated heterocycles. The average molecular weight is 518 g/mol. The summed E-state index contributed by atoms with van der Waals surface area (Å²) in [7, 11) is 0. The van der Waals surface area contributed by atoms with Crippen LogP contribution in [0.5, 0.6) is 0 Å². The van der Waals surface area contributed by atoms with Gasteiger partial charge >= 0.3 is 5.97 Å². The summed E-state index contributed by atoms with van der Waals surface area (Å²) in [5.74, 6) is -1.22. The van der Waals surface area contributed by atoms with Crippen LogP contribution in [0.3, 0.4) is 0 Å². The second-order valence-electron chi connectivity index (χ2n) is 8.74. The average Bonchev–Trinajstić information content (AvgIpc) is 2.87. The van der Waals surface area contributed by atoms with E-state index in [0.29, 0.717) is 5.57 Å². The molecular formula is C22H30O14. The number of aliphatic hydroxyl groups is 7. The Kier molecular flexibility index (Phi) is 8.43. The van der Waals surface area contributed by atoms with Crippen LogP contribution in [0.1, 0.15) is 0 Å². The third kappa shape index (κ3) is 5.07. The molecule has 0 bridgehead atoms. The van der Waals surface area contributed by atoms with Crippen molar-refractivity contribution in [2.75, 3.05) is 19.8 Å². The molecule has 0 spiro atoms. The molecule has 0 aliphatic carbocycles. The van der Waals surface area contributed by atoms with Crippen LogP contribution in [-0.2, 0) is 33.2 Å². The minimum absolute atomic E-state index is 0.0490. The van der Waals surface area contributed by atoms with E-state index in [-0.39, 0.29) is 12.2 Å². The van der Waals surface area contributed by atoms with Gasteiger partial charge in [-0.05, 0) is 11.6 Å². The smallest absolute Gasteiger partial charge is 0.341 e. The number of esters is 1. The number of ether oxygens (including phenoxy) is 6. The van der Waals surface area contributed by atoms with E-state index in [1.165, 1.54) is 6.08 Å². The maximum atomic E-state index is 12.0. The van der Waals surface area contributed by atoms with Crippen LogP contribution < -0.4 is 0 Å². The molecule has 0 aromatic rings. The van der Waals surface area contributed by atoms with Gasteiger partial charge in [-0.15, -0.1) is 6.58 Å². The topological polar surface area (TPSA) is 214 Å². The molecule has 2 fully saturated rings. The van der Waals surface area contributed by atoms with Crippen LogP contribution >= 0.6 is 0 Å². The Bertz CT molecular complexity index is 873. The molecule has 4 rings (SSSR count). The summed E-state index contributed by atoms with van der Waals surface area (Å²) in [6.07, 6.45) is -12.4. The summed E-state index contributed by atoms with van der Waals surface area (Å²) in [5.41, 5.74) is 0.739. The maximum Gasteiger partial charge on any atom is 0.341 e. The molecule has 14 nitrogen and oxygen atoms in total. The van der Waals surface area contributed by atoms with Gasteiger partial charge in [0.15, 0.2) is 12.6 Å². The molecule has 202 valence electrons. The van der Waals surface area contributed by atoms with Crippen molar-refractivity contribution >= 4 is 5.97 Å². The number of cyclic esters (lactones) is 1. The number of hydrogen-bond donors (Lipinski definition) is 7. The molecule has 7 N–H and O–H groups in total. The quantitative estimate of drug-likeness (QED) is 0.127. The summed E-state index contributed by atoms with van der Waals surface area (Å²) in [6, 6.07) is 0. The van der Waals surface area contributed by atoms with Crippen LogP contribution in [-0.4, -0.2) is 129 Å². The first-order valence-corrected chi connectivity index (χ1v) is 11.3. The third-order valence-electron chi connectivity index (χ3n) is 6.48. The molecule has 0 saturated carbocycles. The molecule has 4 aliphatic rings. The van der Waals surface area contributed by atoms with Crippen LogP contribution in [0.15, 0.2) is 36.1 Å². The fraction of sp³-hybridized carbons (Fsp3) is 0.682. The van der Waals surface area contributed by atoms with Crippen molar-refractivity contribution in [1.82, 2.24) is 0 Å². The Balaban J connectivity index is 1.43. The molecule has 14 heteroatoms. The molecule has 36 heavy (non-hydrogen) atoms. The van der Waals surface area contributed by atoms with E-state index in [4.69, 9.17) is 28.4 Å². The summed E-state index contributed by atoms with van der Waals surface area (Å²) in [5, 5.41) is 70.4. The highest BCUT2D eigenvalue weighted by Crippen LogP contribution is 2.36. The fourth-order valence-electron chi connectivity index (χ4n) is 4.36. The molecule has 4 heterocycles. The van der Waals surface area contributed by atoms with Gasteiger partial charge < -0.3 is 64.2 Å². The first-order chi connectivity index (χ1) is 17.2. The van der Waals surface area contributed by atoms with E-state index >= 15 is 0 Å². The summed E-state index contributed by atoms with van der Waals surface area (Å²) >= 11 is 0. The second kappa shape index (κ2) is 11.2. The van der Waals surface area contributed by atoms with Crippen molar-refractivity contribution < 1.29 is 69.0 Å². The predicted molar refractivity (Wildman–Crippen MR) is 113 cm³/mol. The van der Waals surface area contributed by atoms with E-state index in [1.807, 2.05) is 0 Å². The fourth-order valence-corrected chi connectivity index (χ4v) is 4.36. The van der Waals surface area contributed by atoms with E-state index in [9.17, 15) is 40.5 Å². The van der Waals surface area contributed by atoms with Crippen molar-refractivity contribution in [3.8, 4) is 0 Å². The van der Waals surface area contributed by atoms with Crippen molar-refractivity contribution in [2.45, 2.75) is 67.7 Å². The monoisotopic (exact) mass is 518 g/mol. The normalized spacial score (nSPS) is 45.0. The second-order valence-corrected chi connectivity index (χ2v) is 8.74. The number of carbonyl (C=O) groups is 1. The van der Waals surface area contributed by atoms with E-state index in [0.717, 1.165) is 6.26 Å². The molecule has 0 aromatic carbocycles. The number of fused-ring (bicyclic) bond motifs is 1. The highest BCUT2D eigenvalue weighted by atomic mass is 16.8. The number of carbonyl (C=O) groups excluding carboxylic acids is 1. The summed E-state index contributed by atoms with van der Waals surface area (Å²) < 4.78 is 32.4. The Morgan fingerprint density at radius 1 is 0.917 bits per heavy atom. The van der Waals surface area contributed by atoms with E-state index in [1.54, 1.807) is 6.08 Å². The van der Waals surface area contributed by atoms with Gasteiger partial charge in [0.2, 0.25) is 6.29 Å². The van der Waals surface area contributed by atoms with E-state index < -0.39 is 92.8 Å². The Labute approximate surface area is 205 Å². The van der Waals surface area contributed by atoms with Crippen LogP contribution in [0.25, 0.3) is 0 Å². The van der Waals surface area contributed by atoms with Gasteiger partial charge in [0.1, 0.15) is 61.7 Å². The highest BCUT2D eigenvalue weighted by molar-refractivity contribution is 5.94. The highest BCUT2D eigenvalue weighted by Gasteiger charge is 2.49. The molecule has 0 radical (unpaired) electrons. The predicted octanol–water partition coefficient (Wildman–Crippen LogP) is -3.85. The number of rotatable bonds is 7. The lowest BCUT2D eigenvalue weighted by Crippen LogP contribution is -2.62. The third-order valence-corrected chi connectivity index (χ3v) is 6.48. The number of aliphatic hydroxyl groups excluding tert-OH is 7. The van der Waals surface area contributed by atoms with Crippen molar-refractivity contribution in [3.63, 3.8) is 0 Å². The lowest BCUT2D eigenvalue weighted by atomic mass is 9.89. The molecule has 0 aromatic heterocycles. The molecule has 4 aliphatic heterocycles. The molecular weight excluding hydrogens is 488 g/mol. The van der Waals surface area contributed by atoms with Gasteiger partial charge in [0, 0.05) is 0 Å². The zero-order chi connectivity index (χ0) is 26.1. The largest absolute Gasteiger partial charge is 0.471 e. The first kappa shape index (κ1) is 27.1. The van der Waals surface area contributed by atoms with E-state index in [2.05, 4.69) is 6.58 Å². The van der Waals surface area contributed by atoms with Gasteiger partial charge in [-0.3, -0.25) is 0 Å². The number of hydrogen-bond acceptors (Lipinski definition) is 14. The van der Waals surface area contributed by atoms with Gasteiger partial charge in [0.25, 0.3) is 0 Å². The van der Waals surface area contributed by atoms with Crippen LogP contribution in [0.2, 0.25) is 0 Å². The van der Waals surface area contributed by atoms with Crippen molar-refractivity contribution in [1.29, 1.82) is 0 Å². The minimum Gasteiger partial charge on any atom is -0.471 e. The summed E-state index contributed by atoms with van der Waals surface area (Å²) in [6.45, 7) is 2.61. The summed E-state index contributed by atoms with van der Waals surface area (Å²) in [4.78, 5) is 12.0. The van der Waals surface area contributed by atoms with Gasteiger partial charge in [-0.25, -0.2) is 4.79 Å². The van der Waals surface area contributed by atoms with Gasteiger partial charge in [-0.2, -0.15) is 0 Å². The lowest BCUT2D eigenvalue weighted by molar-refractivity contribution is -0.349. The molecule has 0 amide bonds. The van der Waals surface area contributed by atoms with Gasteiger partial charge in [0.05, 0.1) is 24.7 Å². The van der Waals surface area contributed by atoms with Crippen molar-refractivity contribution in [3.05, 3.63) is 36.1 Å². The molecule has 12 atom stereocenters. The Morgan fingerprint density at radius 3 is 2.22 bits per heavy atom. The zero-order valence-electron chi connectivity index (χ0n) is 19.0. The van der Waals surface area contributed by atoms with Crippen LogP contribution in [0, 0.1) is 5.92 Å². The zero-order valence-corrected chi connectivity index (χ0v) is 19.0. The Morgan fingerprint density at radius 2 is 1.56 bits per heavy atom. The Hall–Kier alpha value is -1.95. The maximum absolute atomic E-state index is 12.0. The lowest BCUT2D eigenvalue weighted by Gasteiger charge is -2.44. The van der Waals surface area contributed by atoms with Crippen molar-refractivity contribution in [2.24, 2.45) is 5.92 Å². The standard InChI is InChI=1S/C22H30O14/c1-2-8-9-3-4-31-19(30)10(9)6-32-20(8)36-22-18(29)16(27)14(25)12(35-22)7-33-21-17(28)15(26)13(24)11(5-23)34-21/h2-3,6,8,11-18,20-29H,1,4-5,7H2. The SMILES string of the molecule is C=CC1C2=CCOC(=O)C2=COC1OC1OC(COC2OC(CO)C(O)C(O)C2O)C(O)C(O)C1O. The first-order valence-electron chi connectivity index (χ1n) is 11.3. The minimum atomic E-state index is -1.73.